The van der Waals surface area contributed by atoms with E-state index in [1.165, 1.54) is 17.8 Å². The van der Waals surface area contributed by atoms with Crippen LogP contribution in [0.15, 0.2) is 30.5 Å². The van der Waals surface area contributed by atoms with E-state index in [2.05, 4.69) is 4.98 Å². The van der Waals surface area contributed by atoms with Gasteiger partial charge in [0.15, 0.2) is 6.10 Å². The van der Waals surface area contributed by atoms with Gasteiger partial charge in [-0.1, -0.05) is 11.6 Å². The molecule has 3 aromatic rings. The molecule has 1 unspecified atom stereocenters. The zero-order chi connectivity index (χ0) is 20.0. The van der Waals surface area contributed by atoms with Gasteiger partial charge in [0.1, 0.15) is 5.75 Å². The molecule has 7 heteroatoms. The van der Waals surface area contributed by atoms with Gasteiger partial charge >= 0.3 is 0 Å². The summed E-state index contributed by atoms with van der Waals surface area (Å²) < 4.78 is 7.21. The average Bonchev–Trinajstić information content (AvgIpc) is 3.36. The minimum atomic E-state index is -0.492. The summed E-state index contributed by atoms with van der Waals surface area (Å²) in [5.74, 6) is 0.803. The number of piperidine rings is 1. The highest BCUT2D eigenvalue weighted by Gasteiger charge is 2.35. The second-order valence-electron chi connectivity index (χ2n) is 7.58. The van der Waals surface area contributed by atoms with Crippen molar-refractivity contribution in [2.75, 3.05) is 13.1 Å². The minimum Gasteiger partial charge on any atom is -0.479 e. The third kappa shape index (κ3) is 3.39. The Morgan fingerprint density at radius 2 is 2.07 bits per heavy atom. The number of halogens is 1. The molecule has 2 aromatic heterocycles. The van der Waals surface area contributed by atoms with Crippen molar-refractivity contribution in [3.63, 3.8) is 0 Å². The Balaban J connectivity index is 1.54. The third-order valence-electron chi connectivity index (χ3n) is 5.65. The van der Waals surface area contributed by atoms with Gasteiger partial charge in [-0.3, -0.25) is 9.78 Å². The zero-order valence-corrected chi connectivity index (χ0v) is 17.4. The number of fused-ring (bicyclic) bond motifs is 2. The first-order valence-electron chi connectivity index (χ1n) is 9.90. The van der Waals surface area contributed by atoms with E-state index in [0.29, 0.717) is 11.4 Å². The van der Waals surface area contributed by atoms with Crippen molar-refractivity contribution in [2.24, 2.45) is 0 Å². The molecule has 2 aliphatic heterocycles. The summed E-state index contributed by atoms with van der Waals surface area (Å²) in [7, 11) is 0. The second kappa shape index (κ2) is 7.59. The molecule has 29 heavy (non-hydrogen) atoms. The normalized spacial score (nSPS) is 18.7. The van der Waals surface area contributed by atoms with Crippen LogP contribution in [0.3, 0.4) is 0 Å². The number of ether oxygens (including phenoxy) is 1. The minimum absolute atomic E-state index is 0.0168. The van der Waals surface area contributed by atoms with Crippen molar-refractivity contribution >= 4 is 39.1 Å². The predicted octanol–water partition coefficient (Wildman–Crippen LogP) is 4.43. The number of hydrogen-bond donors (Lipinski definition) is 1. The second-order valence-corrected chi connectivity index (χ2v) is 9.16. The Morgan fingerprint density at radius 3 is 2.86 bits per heavy atom. The van der Waals surface area contributed by atoms with Gasteiger partial charge in [0.25, 0.3) is 5.91 Å². The summed E-state index contributed by atoms with van der Waals surface area (Å²) in [6, 6.07) is 7.63. The fourth-order valence-electron chi connectivity index (χ4n) is 4.26. The molecule has 0 aliphatic carbocycles. The highest BCUT2D eigenvalue weighted by molar-refractivity contribution is 7.19. The fraction of sp³-hybridized carbons (Fsp3) is 0.364. The summed E-state index contributed by atoms with van der Waals surface area (Å²) in [6.45, 7) is 1.61. The number of likely N-dealkylation sites (tertiary alicyclic amines) is 1. The molecule has 1 atom stereocenters. The number of hydrogen-bond acceptors (Lipinski definition) is 5. The van der Waals surface area contributed by atoms with Crippen molar-refractivity contribution in [3.05, 3.63) is 45.9 Å². The maximum atomic E-state index is 13.0. The standard InChI is InChI=1S/C22H21ClN2O3S/c23-14-8-13-9-19(22(27)25-6-2-1-3-7-25)28-20(13)17(10-14)16-4-5-24-18-11-15(12-26)29-21(16)18/h4-5,8,10-11,19,26H,1-3,6-7,9,12H2. The molecule has 0 radical (unpaired) electrons. The molecule has 1 saturated heterocycles. The average molecular weight is 429 g/mol. The van der Waals surface area contributed by atoms with E-state index >= 15 is 0 Å². The summed E-state index contributed by atoms with van der Waals surface area (Å²) in [5.41, 5.74) is 3.64. The van der Waals surface area contributed by atoms with Crippen LogP contribution in [0.25, 0.3) is 21.3 Å². The number of thiophene rings is 1. The van der Waals surface area contributed by atoms with Crippen LogP contribution in [0.5, 0.6) is 5.75 Å². The van der Waals surface area contributed by atoms with Crippen LogP contribution in [0.2, 0.25) is 5.02 Å². The Labute approximate surface area is 177 Å². The number of carbonyl (C=O) groups excluding carboxylic acids is 1. The third-order valence-corrected chi connectivity index (χ3v) is 7.01. The molecule has 150 valence electrons. The predicted molar refractivity (Wildman–Crippen MR) is 115 cm³/mol. The molecular weight excluding hydrogens is 408 g/mol. The van der Waals surface area contributed by atoms with E-state index in [9.17, 15) is 9.90 Å². The SMILES string of the molecule is O=C(C1Cc2cc(Cl)cc(-c3ccnc4cc(CO)sc34)c2O1)N1CCCCC1. The van der Waals surface area contributed by atoms with E-state index in [4.69, 9.17) is 16.3 Å². The number of rotatable bonds is 3. The number of aliphatic hydroxyl groups excluding tert-OH is 1. The molecule has 4 heterocycles. The van der Waals surface area contributed by atoms with Crippen LogP contribution in [-0.2, 0) is 17.8 Å². The van der Waals surface area contributed by atoms with Gasteiger partial charge < -0.3 is 14.7 Å². The molecule has 0 saturated carbocycles. The Morgan fingerprint density at radius 1 is 1.24 bits per heavy atom. The maximum absolute atomic E-state index is 13.0. The Bertz CT molecular complexity index is 1090. The van der Waals surface area contributed by atoms with Crippen molar-refractivity contribution in [1.29, 1.82) is 0 Å². The van der Waals surface area contributed by atoms with E-state index in [1.54, 1.807) is 6.20 Å². The summed E-state index contributed by atoms with van der Waals surface area (Å²) in [4.78, 5) is 20.2. The highest BCUT2D eigenvalue weighted by atomic mass is 35.5. The van der Waals surface area contributed by atoms with Crippen LogP contribution in [-0.4, -0.2) is 40.1 Å². The smallest absolute Gasteiger partial charge is 0.263 e. The number of carbonyl (C=O) groups is 1. The van der Waals surface area contributed by atoms with Gasteiger partial charge in [-0.2, -0.15) is 0 Å². The molecule has 2 aliphatic rings. The van der Waals surface area contributed by atoms with Crippen LogP contribution < -0.4 is 4.74 Å². The largest absolute Gasteiger partial charge is 0.479 e. The number of aromatic nitrogens is 1. The van der Waals surface area contributed by atoms with Crippen LogP contribution in [0.1, 0.15) is 29.7 Å². The van der Waals surface area contributed by atoms with Crippen LogP contribution in [0.4, 0.5) is 0 Å². The number of nitrogens with zero attached hydrogens (tertiary/aromatic N) is 2. The van der Waals surface area contributed by atoms with Crippen molar-refractivity contribution in [3.8, 4) is 16.9 Å². The lowest BCUT2D eigenvalue weighted by molar-refractivity contribution is -0.138. The molecule has 0 bridgehead atoms. The van der Waals surface area contributed by atoms with E-state index in [-0.39, 0.29) is 12.5 Å². The first-order chi connectivity index (χ1) is 14.1. The number of pyridine rings is 1. The lowest BCUT2D eigenvalue weighted by Crippen LogP contribution is -2.43. The molecule has 1 amide bonds. The summed E-state index contributed by atoms with van der Waals surface area (Å²) in [6.07, 6.45) is 5.10. The van der Waals surface area contributed by atoms with Crippen molar-refractivity contribution in [2.45, 2.75) is 38.4 Å². The first-order valence-corrected chi connectivity index (χ1v) is 11.1. The fourth-order valence-corrected chi connectivity index (χ4v) is 5.50. The number of amides is 1. The number of benzene rings is 1. The lowest BCUT2D eigenvalue weighted by Gasteiger charge is -2.28. The molecule has 1 N–H and O–H groups in total. The van der Waals surface area contributed by atoms with Gasteiger partial charge in [-0.15, -0.1) is 11.3 Å². The monoisotopic (exact) mass is 428 g/mol. The van der Waals surface area contributed by atoms with Crippen molar-refractivity contribution < 1.29 is 14.6 Å². The van der Waals surface area contributed by atoms with Crippen LogP contribution in [0, 0.1) is 0 Å². The molecule has 5 rings (SSSR count). The van der Waals surface area contributed by atoms with Gasteiger partial charge in [0, 0.05) is 52.3 Å². The highest BCUT2D eigenvalue weighted by Crippen LogP contribution is 2.44. The van der Waals surface area contributed by atoms with Crippen molar-refractivity contribution in [1.82, 2.24) is 9.88 Å². The number of aliphatic hydroxyl groups is 1. The van der Waals surface area contributed by atoms with Gasteiger partial charge in [0.05, 0.1) is 16.8 Å². The summed E-state index contributed by atoms with van der Waals surface area (Å²) >= 11 is 7.95. The quantitative estimate of drug-likeness (QED) is 0.670. The molecule has 0 spiro atoms. The Hall–Kier alpha value is -2.15. The van der Waals surface area contributed by atoms with E-state index < -0.39 is 6.10 Å². The maximum Gasteiger partial charge on any atom is 0.263 e. The van der Waals surface area contributed by atoms with Gasteiger partial charge in [-0.25, -0.2) is 0 Å². The molecule has 1 aromatic carbocycles. The molecule has 1 fully saturated rings. The van der Waals surface area contributed by atoms with E-state index in [1.807, 2.05) is 29.2 Å². The van der Waals surface area contributed by atoms with Crippen LogP contribution >= 0.6 is 22.9 Å². The molecule has 5 nitrogen and oxygen atoms in total. The zero-order valence-electron chi connectivity index (χ0n) is 15.9. The first kappa shape index (κ1) is 18.9. The summed E-state index contributed by atoms with van der Waals surface area (Å²) in [5, 5.41) is 10.1. The van der Waals surface area contributed by atoms with E-state index in [0.717, 1.165) is 63.5 Å². The Kier molecular flexibility index (Phi) is 4.94. The lowest BCUT2D eigenvalue weighted by atomic mass is 10.0. The molecular formula is C22H21ClN2O3S. The van der Waals surface area contributed by atoms with Gasteiger partial charge in [0.2, 0.25) is 0 Å². The van der Waals surface area contributed by atoms with Gasteiger partial charge in [-0.05, 0) is 43.5 Å². The topological polar surface area (TPSA) is 62.7 Å².